The molecule has 0 aromatic heterocycles. The van der Waals surface area contributed by atoms with Gasteiger partial charge in [-0.3, -0.25) is 19.5 Å². The van der Waals surface area contributed by atoms with E-state index in [9.17, 15) is 14.0 Å². The number of carbonyl (C=O) groups is 2. The quantitative estimate of drug-likeness (QED) is 0.198. The lowest BCUT2D eigenvalue weighted by atomic mass is 10.1. The van der Waals surface area contributed by atoms with Gasteiger partial charge in [0.1, 0.15) is 5.82 Å². The molecule has 0 atom stereocenters. The molecule has 0 saturated carbocycles. The number of carbonyl (C=O) groups excluding carboxylic acids is 2. The van der Waals surface area contributed by atoms with Crippen LogP contribution in [0.3, 0.4) is 0 Å². The zero-order chi connectivity index (χ0) is 20.8. The number of rotatable bonds is 7. The molecule has 1 aliphatic heterocycles. The van der Waals surface area contributed by atoms with Gasteiger partial charge in [-0.15, -0.1) is 24.0 Å². The molecule has 0 spiro atoms. The summed E-state index contributed by atoms with van der Waals surface area (Å²) >= 11 is 0. The number of halogens is 2. The molecule has 0 bridgehead atoms. The van der Waals surface area contributed by atoms with E-state index in [1.54, 1.807) is 43.4 Å². The van der Waals surface area contributed by atoms with Crippen LogP contribution in [0.4, 0.5) is 4.39 Å². The second-order valence-corrected chi connectivity index (χ2v) is 6.97. The van der Waals surface area contributed by atoms with Gasteiger partial charge >= 0.3 is 0 Å². The van der Waals surface area contributed by atoms with Crippen molar-refractivity contribution in [3.63, 3.8) is 0 Å². The molecule has 2 aromatic rings. The third-order valence-electron chi connectivity index (χ3n) is 4.88. The van der Waals surface area contributed by atoms with E-state index in [2.05, 4.69) is 10.3 Å². The summed E-state index contributed by atoms with van der Waals surface area (Å²) in [5.74, 6) is 0.0498. The number of guanidine groups is 1. The monoisotopic (exact) mass is 524 g/mol. The number of nitrogens with one attached hydrogen (secondary N) is 1. The van der Waals surface area contributed by atoms with Gasteiger partial charge in [-0.25, -0.2) is 4.39 Å². The molecule has 2 amide bonds. The zero-order valence-electron chi connectivity index (χ0n) is 17.1. The van der Waals surface area contributed by atoms with E-state index in [4.69, 9.17) is 0 Å². The number of unbranched alkanes of at least 4 members (excludes halogenated alkanes) is 1. The van der Waals surface area contributed by atoms with E-state index in [0.29, 0.717) is 37.2 Å². The summed E-state index contributed by atoms with van der Waals surface area (Å²) in [5, 5.41) is 3.28. The molecule has 30 heavy (non-hydrogen) atoms. The SMILES string of the molecule is CN=C(NCCCCN1C(=O)c2ccccc2C1=O)N(C)Cc1ccc(F)cc1.I. The van der Waals surface area contributed by atoms with E-state index in [1.165, 1.54) is 17.0 Å². The first-order chi connectivity index (χ1) is 14.0. The molecule has 160 valence electrons. The topological polar surface area (TPSA) is 65.0 Å². The van der Waals surface area contributed by atoms with Crippen LogP contribution in [0.25, 0.3) is 0 Å². The van der Waals surface area contributed by atoms with E-state index >= 15 is 0 Å². The fraction of sp³-hybridized carbons (Fsp3) is 0.318. The molecule has 3 rings (SSSR count). The molecular weight excluding hydrogens is 498 g/mol. The van der Waals surface area contributed by atoms with Gasteiger partial charge in [0, 0.05) is 33.7 Å². The zero-order valence-corrected chi connectivity index (χ0v) is 19.4. The maximum atomic E-state index is 13.0. The number of hydrogen-bond acceptors (Lipinski definition) is 3. The molecule has 6 nitrogen and oxygen atoms in total. The fourth-order valence-electron chi connectivity index (χ4n) is 3.36. The van der Waals surface area contributed by atoms with Gasteiger partial charge in [0.05, 0.1) is 11.1 Å². The van der Waals surface area contributed by atoms with Crippen molar-refractivity contribution in [3.05, 3.63) is 71.0 Å². The van der Waals surface area contributed by atoms with Crippen LogP contribution in [0.5, 0.6) is 0 Å². The van der Waals surface area contributed by atoms with Crippen LogP contribution < -0.4 is 5.32 Å². The molecule has 8 heteroatoms. The molecule has 0 aliphatic carbocycles. The van der Waals surface area contributed by atoms with E-state index < -0.39 is 0 Å². The van der Waals surface area contributed by atoms with Crippen LogP contribution in [0.2, 0.25) is 0 Å². The molecule has 1 N–H and O–H groups in total. The average Bonchev–Trinajstić information content (AvgIpc) is 2.97. The number of imide groups is 1. The Hall–Kier alpha value is -2.49. The Balaban J connectivity index is 0.00000320. The largest absolute Gasteiger partial charge is 0.356 e. The van der Waals surface area contributed by atoms with Gasteiger partial charge in [-0.05, 0) is 42.7 Å². The first-order valence-corrected chi connectivity index (χ1v) is 9.62. The lowest BCUT2D eigenvalue weighted by molar-refractivity contribution is 0.0652. The molecule has 2 aromatic carbocycles. The maximum absolute atomic E-state index is 13.0. The highest BCUT2D eigenvalue weighted by atomic mass is 127. The lowest BCUT2D eigenvalue weighted by Crippen LogP contribution is -2.39. The van der Waals surface area contributed by atoms with E-state index in [-0.39, 0.29) is 41.6 Å². The summed E-state index contributed by atoms with van der Waals surface area (Å²) in [7, 11) is 3.62. The Bertz CT molecular complexity index is 883. The number of benzene rings is 2. The van der Waals surface area contributed by atoms with Crippen molar-refractivity contribution in [3.8, 4) is 0 Å². The number of aliphatic imine (C=N–C) groups is 1. The second kappa shape index (κ2) is 11.1. The first kappa shape index (κ1) is 23.8. The summed E-state index contributed by atoms with van der Waals surface area (Å²) in [6, 6.07) is 13.3. The predicted octanol–water partition coefficient (Wildman–Crippen LogP) is 3.53. The smallest absolute Gasteiger partial charge is 0.261 e. The number of nitrogens with zero attached hydrogens (tertiary/aromatic N) is 3. The maximum Gasteiger partial charge on any atom is 0.261 e. The molecule has 0 saturated heterocycles. The van der Waals surface area contributed by atoms with E-state index in [1.807, 2.05) is 11.9 Å². The summed E-state index contributed by atoms with van der Waals surface area (Å²) in [6.45, 7) is 1.68. The van der Waals surface area contributed by atoms with Crippen LogP contribution in [0.15, 0.2) is 53.5 Å². The van der Waals surface area contributed by atoms with Gasteiger partial charge in [0.15, 0.2) is 5.96 Å². The summed E-state index contributed by atoms with van der Waals surface area (Å²) in [6.07, 6.45) is 1.49. The van der Waals surface area contributed by atoms with Gasteiger partial charge in [0.25, 0.3) is 11.8 Å². The van der Waals surface area contributed by atoms with Gasteiger partial charge in [0.2, 0.25) is 0 Å². The van der Waals surface area contributed by atoms with Crippen LogP contribution in [-0.2, 0) is 6.54 Å². The third-order valence-corrected chi connectivity index (χ3v) is 4.88. The van der Waals surface area contributed by atoms with Crippen molar-refractivity contribution in [2.24, 2.45) is 4.99 Å². The number of amides is 2. The van der Waals surface area contributed by atoms with E-state index in [0.717, 1.165) is 17.9 Å². The van der Waals surface area contributed by atoms with Crippen LogP contribution in [-0.4, -0.2) is 54.8 Å². The van der Waals surface area contributed by atoms with Gasteiger partial charge in [-0.1, -0.05) is 24.3 Å². The van der Waals surface area contributed by atoms with Crippen LogP contribution in [0, 0.1) is 5.82 Å². The summed E-state index contributed by atoms with van der Waals surface area (Å²) in [5.41, 5.74) is 1.96. The average molecular weight is 524 g/mol. The Labute approximate surface area is 193 Å². The number of hydrogen-bond donors (Lipinski definition) is 1. The molecule has 1 aliphatic rings. The molecule has 1 heterocycles. The van der Waals surface area contributed by atoms with Crippen molar-refractivity contribution in [1.29, 1.82) is 0 Å². The van der Waals surface area contributed by atoms with Crippen molar-refractivity contribution >= 4 is 41.8 Å². The normalized spacial score (nSPS) is 13.2. The van der Waals surface area contributed by atoms with Crippen molar-refractivity contribution in [2.75, 3.05) is 27.2 Å². The van der Waals surface area contributed by atoms with Crippen LogP contribution in [0.1, 0.15) is 39.1 Å². The highest BCUT2D eigenvalue weighted by Gasteiger charge is 2.34. The molecule has 0 fully saturated rings. The predicted molar refractivity (Wildman–Crippen MR) is 126 cm³/mol. The highest BCUT2D eigenvalue weighted by Crippen LogP contribution is 2.22. The standard InChI is InChI=1S/C22H25FN4O2.HI/c1-24-22(26(2)15-16-9-11-17(23)12-10-16)25-13-5-6-14-27-20(28)18-7-3-4-8-19(18)21(27)29;/h3-4,7-12H,5-6,13-15H2,1-2H3,(H,24,25);1H. The summed E-state index contributed by atoms with van der Waals surface area (Å²) < 4.78 is 13.0. The Morgan fingerprint density at radius 3 is 2.20 bits per heavy atom. The van der Waals surface area contributed by atoms with Crippen LogP contribution >= 0.6 is 24.0 Å². The first-order valence-electron chi connectivity index (χ1n) is 9.62. The minimum atomic E-state index is -0.253. The minimum absolute atomic E-state index is 0. The summed E-state index contributed by atoms with van der Waals surface area (Å²) in [4.78, 5) is 32.2. The second-order valence-electron chi connectivity index (χ2n) is 6.97. The van der Waals surface area contributed by atoms with Gasteiger partial charge in [-0.2, -0.15) is 0 Å². The minimum Gasteiger partial charge on any atom is -0.356 e. The van der Waals surface area contributed by atoms with Crippen molar-refractivity contribution in [2.45, 2.75) is 19.4 Å². The highest BCUT2D eigenvalue weighted by molar-refractivity contribution is 14.0. The van der Waals surface area contributed by atoms with Crippen molar-refractivity contribution < 1.29 is 14.0 Å². The Morgan fingerprint density at radius 2 is 1.63 bits per heavy atom. The molecule has 0 unspecified atom stereocenters. The lowest BCUT2D eigenvalue weighted by Gasteiger charge is -2.22. The number of fused-ring (bicyclic) bond motifs is 1. The fourth-order valence-corrected chi connectivity index (χ4v) is 3.36. The third kappa shape index (κ3) is 5.56. The molecule has 0 radical (unpaired) electrons. The Kier molecular flexibility index (Phi) is 8.76. The molecular formula is C22H26FIN4O2. The van der Waals surface area contributed by atoms with Crippen molar-refractivity contribution in [1.82, 2.24) is 15.1 Å². The van der Waals surface area contributed by atoms with Gasteiger partial charge < -0.3 is 10.2 Å². The Morgan fingerprint density at radius 1 is 1.03 bits per heavy atom.